The van der Waals surface area contributed by atoms with E-state index in [-0.39, 0.29) is 0 Å². The van der Waals surface area contributed by atoms with Crippen molar-refractivity contribution >= 4 is 11.6 Å². The van der Waals surface area contributed by atoms with Gasteiger partial charge in [0.05, 0.1) is 16.9 Å². The van der Waals surface area contributed by atoms with Crippen molar-refractivity contribution < 1.29 is 0 Å². The fraction of sp³-hybridized carbons (Fsp3) is 0.769. The van der Waals surface area contributed by atoms with Gasteiger partial charge in [0.2, 0.25) is 0 Å². The van der Waals surface area contributed by atoms with Crippen molar-refractivity contribution in [1.29, 1.82) is 0 Å². The van der Waals surface area contributed by atoms with Gasteiger partial charge >= 0.3 is 0 Å². The zero-order valence-electron chi connectivity index (χ0n) is 11.2. The molecule has 0 aromatic carbocycles. The number of rotatable bonds is 8. The van der Waals surface area contributed by atoms with E-state index in [2.05, 4.69) is 24.3 Å². The first-order valence-electron chi connectivity index (χ1n) is 6.50. The van der Waals surface area contributed by atoms with E-state index >= 15 is 0 Å². The van der Waals surface area contributed by atoms with Gasteiger partial charge < -0.3 is 5.32 Å². The Kier molecular flexibility index (Phi) is 6.60. The molecule has 0 aliphatic rings. The normalized spacial score (nSPS) is 11.4. The topological polar surface area (TPSA) is 29.9 Å². The molecule has 1 rings (SSSR count). The Hall–Kier alpha value is -0.540. The smallest absolute Gasteiger partial charge is 0.0814 e. The Balaban J connectivity index is 2.03. The molecule has 4 heteroatoms. The quantitative estimate of drug-likeness (QED) is 0.725. The second kappa shape index (κ2) is 7.72. The zero-order valence-corrected chi connectivity index (χ0v) is 11.9. The van der Waals surface area contributed by atoms with Crippen molar-refractivity contribution in [3.8, 4) is 0 Å². The number of aromatic nitrogens is 2. The van der Waals surface area contributed by atoms with Crippen LogP contribution in [-0.2, 0) is 6.54 Å². The molecule has 1 heterocycles. The van der Waals surface area contributed by atoms with Gasteiger partial charge in [-0.25, -0.2) is 0 Å². The number of hydrogen-bond acceptors (Lipinski definition) is 2. The highest BCUT2D eigenvalue weighted by atomic mass is 35.5. The largest absolute Gasteiger partial charge is 0.316 e. The van der Waals surface area contributed by atoms with Crippen molar-refractivity contribution in [2.24, 2.45) is 5.92 Å². The summed E-state index contributed by atoms with van der Waals surface area (Å²) in [4.78, 5) is 0. The summed E-state index contributed by atoms with van der Waals surface area (Å²) in [6, 6.07) is 0. The summed E-state index contributed by atoms with van der Waals surface area (Å²) in [5.41, 5.74) is 1.07. The lowest BCUT2D eigenvalue weighted by Crippen LogP contribution is -2.20. The van der Waals surface area contributed by atoms with Crippen molar-refractivity contribution in [3.63, 3.8) is 0 Å². The molecule has 0 aliphatic heterocycles. The van der Waals surface area contributed by atoms with Gasteiger partial charge in [-0.1, -0.05) is 31.9 Å². The van der Waals surface area contributed by atoms with E-state index in [1.165, 1.54) is 19.3 Å². The van der Waals surface area contributed by atoms with Gasteiger partial charge in [-0.2, -0.15) is 5.10 Å². The first-order chi connectivity index (χ1) is 8.11. The van der Waals surface area contributed by atoms with Crippen LogP contribution < -0.4 is 5.32 Å². The molecule has 1 aromatic heterocycles. The van der Waals surface area contributed by atoms with E-state index in [1.54, 1.807) is 6.20 Å². The maximum Gasteiger partial charge on any atom is 0.0814 e. The van der Waals surface area contributed by atoms with E-state index < -0.39 is 0 Å². The van der Waals surface area contributed by atoms with E-state index in [4.69, 9.17) is 11.6 Å². The van der Waals surface area contributed by atoms with Gasteiger partial charge in [0.25, 0.3) is 0 Å². The Labute approximate surface area is 110 Å². The maximum absolute atomic E-state index is 5.95. The summed E-state index contributed by atoms with van der Waals surface area (Å²) >= 11 is 5.95. The Morgan fingerprint density at radius 1 is 1.35 bits per heavy atom. The molecule has 0 aliphatic carbocycles. The molecular weight excluding hydrogens is 234 g/mol. The Bertz CT molecular complexity index is 320. The molecule has 0 amide bonds. The van der Waals surface area contributed by atoms with Crippen LogP contribution >= 0.6 is 11.6 Å². The molecule has 0 atom stereocenters. The third-order valence-electron chi connectivity index (χ3n) is 2.82. The zero-order chi connectivity index (χ0) is 12.7. The van der Waals surface area contributed by atoms with E-state index in [1.807, 2.05) is 11.6 Å². The second-order valence-electron chi connectivity index (χ2n) is 4.96. The minimum absolute atomic E-state index is 0.740. The van der Waals surface area contributed by atoms with E-state index in [9.17, 15) is 0 Å². The fourth-order valence-electron chi connectivity index (χ4n) is 1.73. The number of nitrogens with zero attached hydrogens (tertiary/aromatic N) is 2. The van der Waals surface area contributed by atoms with Crippen LogP contribution in [0.2, 0.25) is 5.02 Å². The molecule has 1 aromatic rings. The van der Waals surface area contributed by atoms with Gasteiger partial charge in [-0.05, 0) is 38.8 Å². The molecule has 0 saturated carbocycles. The molecule has 0 fully saturated rings. The molecular formula is C13H24ClN3. The molecule has 0 spiro atoms. The minimum Gasteiger partial charge on any atom is -0.316 e. The first-order valence-corrected chi connectivity index (χ1v) is 6.87. The van der Waals surface area contributed by atoms with E-state index in [0.29, 0.717) is 0 Å². The number of unbranched alkanes of at least 4 members (excludes halogenated alkanes) is 2. The number of hydrogen-bond donors (Lipinski definition) is 1. The average molecular weight is 258 g/mol. The van der Waals surface area contributed by atoms with Gasteiger partial charge in [-0.15, -0.1) is 0 Å². The Morgan fingerprint density at radius 3 is 2.71 bits per heavy atom. The first kappa shape index (κ1) is 14.5. The maximum atomic E-state index is 5.95. The highest BCUT2D eigenvalue weighted by Gasteiger charge is 2.02. The van der Waals surface area contributed by atoms with Crippen LogP contribution in [0.1, 0.15) is 38.8 Å². The van der Waals surface area contributed by atoms with Crippen LogP contribution in [0.5, 0.6) is 0 Å². The summed E-state index contributed by atoms with van der Waals surface area (Å²) in [6.07, 6.45) is 5.37. The van der Waals surface area contributed by atoms with Gasteiger partial charge in [0.1, 0.15) is 0 Å². The van der Waals surface area contributed by atoms with Crippen molar-refractivity contribution in [1.82, 2.24) is 15.1 Å². The third-order valence-corrected chi connectivity index (χ3v) is 3.19. The molecule has 3 nitrogen and oxygen atoms in total. The number of halogens is 1. The van der Waals surface area contributed by atoms with Crippen molar-refractivity contribution in [2.75, 3.05) is 13.1 Å². The molecule has 0 bridgehead atoms. The summed E-state index contributed by atoms with van der Waals surface area (Å²) < 4.78 is 1.99. The summed E-state index contributed by atoms with van der Waals surface area (Å²) in [5, 5.41) is 8.46. The summed E-state index contributed by atoms with van der Waals surface area (Å²) in [7, 11) is 0. The van der Waals surface area contributed by atoms with Crippen molar-refractivity contribution in [3.05, 3.63) is 16.9 Å². The van der Waals surface area contributed by atoms with Gasteiger partial charge in [0, 0.05) is 6.54 Å². The SMILES string of the molecule is Cc1c(Cl)cnn1CCCCCNCC(C)C. The van der Waals surface area contributed by atoms with Gasteiger partial charge in [-0.3, -0.25) is 4.68 Å². The third kappa shape index (κ3) is 5.55. The monoisotopic (exact) mass is 257 g/mol. The van der Waals surface area contributed by atoms with Crippen molar-refractivity contribution in [2.45, 2.75) is 46.6 Å². The number of nitrogens with one attached hydrogen (secondary N) is 1. The molecule has 0 radical (unpaired) electrons. The van der Waals surface area contributed by atoms with Crippen LogP contribution in [-0.4, -0.2) is 22.9 Å². The molecule has 1 N–H and O–H groups in total. The molecule has 17 heavy (non-hydrogen) atoms. The van der Waals surface area contributed by atoms with Crippen LogP contribution in [0.25, 0.3) is 0 Å². The van der Waals surface area contributed by atoms with Crippen LogP contribution in [0.4, 0.5) is 0 Å². The highest BCUT2D eigenvalue weighted by Crippen LogP contribution is 2.13. The van der Waals surface area contributed by atoms with Crippen LogP contribution in [0, 0.1) is 12.8 Å². The lowest BCUT2D eigenvalue weighted by Gasteiger charge is -2.07. The predicted octanol–water partition coefficient (Wildman–Crippen LogP) is 3.26. The van der Waals surface area contributed by atoms with Crippen LogP contribution in [0.15, 0.2) is 6.20 Å². The van der Waals surface area contributed by atoms with E-state index in [0.717, 1.165) is 36.3 Å². The summed E-state index contributed by atoms with van der Waals surface area (Å²) in [5.74, 6) is 0.740. The average Bonchev–Trinajstić information content (AvgIpc) is 2.59. The second-order valence-corrected chi connectivity index (χ2v) is 5.37. The van der Waals surface area contributed by atoms with Crippen LogP contribution in [0.3, 0.4) is 0 Å². The predicted molar refractivity (Wildman–Crippen MR) is 73.5 cm³/mol. The van der Waals surface area contributed by atoms with Gasteiger partial charge in [0.15, 0.2) is 0 Å². The fourth-order valence-corrected chi connectivity index (χ4v) is 1.87. The highest BCUT2D eigenvalue weighted by molar-refractivity contribution is 6.31. The molecule has 0 saturated heterocycles. The number of aryl methyl sites for hydroxylation is 1. The minimum atomic E-state index is 0.740. The standard InChI is InChI=1S/C13H24ClN3/c1-11(2)9-15-7-5-4-6-8-17-12(3)13(14)10-16-17/h10-11,15H,4-9H2,1-3H3. The lowest BCUT2D eigenvalue weighted by molar-refractivity contribution is 0.502. The summed E-state index contributed by atoms with van der Waals surface area (Å²) in [6.45, 7) is 9.70. The molecule has 0 unspecified atom stereocenters. The lowest BCUT2D eigenvalue weighted by atomic mass is 10.2. The Morgan fingerprint density at radius 2 is 2.12 bits per heavy atom. The molecule has 98 valence electrons.